The molecule has 118 valence electrons. The molecular formula is C11H11F4NO4S. The van der Waals surface area contributed by atoms with E-state index in [1.165, 1.54) is 0 Å². The van der Waals surface area contributed by atoms with Crippen molar-refractivity contribution >= 4 is 16.0 Å². The molecule has 0 atom stereocenters. The highest BCUT2D eigenvalue weighted by Gasteiger charge is 2.35. The van der Waals surface area contributed by atoms with E-state index in [1.54, 1.807) is 0 Å². The standard InChI is InChI=1S/C11H11F4NO4S/c12-9-4-3-7(6-8(9)11(13,14)15)21(19,20)16-5-1-2-10(17)18/h3-4,6,16H,1-2,5H2,(H,17,18). The Morgan fingerprint density at radius 3 is 2.43 bits per heavy atom. The molecule has 10 heteroatoms. The van der Waals surface area contributed by atoms with Gasteiger partial charge in [-0.25, -0.2) is 17.5 Å². The highest BCUT2D eigenvalue weighted by atomic mass is 32.2. The molecule has 0 aromatic heterocycles. The summed E-state index contributed by atoms with van der Waals surface area (Å²) in [6.45, 7) is -0.257. The molecule has 2 N–H and O–H groups in total. The topological polar surface area (TPSA) is 83.5 Å². The van der Waals surface area contributed by atoms with Crippen molar-refractivity contribution in [2.75, 3.05) is 6.54 Å². The van der Waals surface area contributed by atoms with Gasteiger partial charge in [0, 0.05) is 13.0 Å². The molecule has 0 aliphatic carbocycles. The molecule has 0 radical (unpaired) electrons. The molecule has 0 heterocycles. The molecule has 1 rings (SSSR count). The van der Waals surface area contributed by atoms with Crippen molar-refractivity contribution in [2.45, 2.75) is 23.9 Å². The molecule has 0 bridgehead atoms. The van der Waals surface area contributed by atoms with Crippen molar-refractivity contribution in [1.82, 2.24) is 4.72 Å². The van der Waals surface area contributed by atoms with Crippen LogP contribution in [0.4, 0.5) is 17.6 Å². The van der Waals surface area contributed by atoms with Crippen LogP contribution in [-0.2, 0) is 21.0 Å². The average Bonchev–Trinajstić information content (AvgIpc) is 2.33. The minimum Gasteiger partial charge on any atom is -0.481 e. The number of carboxylic acid groups (broad SMARTS) is 1. The van der Waals surface area contributed by atoms with Crippen LogP contribution in [0.2, 0.25) is 0 Å². The van der Waals surface area contributed by atoms with Crippen molar-refractivity contribution in [1.29, 1.82) is 0 Å². The van der Waals surface area contributed by atoms with E-state index in [9.17, 15) is 30.8 Å². The van der Waals surface area contributed by atoms with Gasteiger partial charge in [-0.3, -0.25) is 4.79 Å². The first kappa shape index (κ1) is 17.4. The molecule has 0 aliphatic rings. The highest BCUT2D eigenvalue weighted by Crippen LogP contribution is 2.32. The van der Waals surface area contributed by atoms with E-state index in [4.69, 9.17) is 5.11 Å². The molecule has 0 fully saturated rings. The van der Waals surface area contributed by atoms with Crippen molar-refractivity contribution in [2.24, 2.45) is 0 Å². The van der Waals surface area contributed by atoms with Gasteiger partial charge in [0.05, 0.1) is 10.5 Å². The summed E-state index contributed by atoms with van der Waals surface area (Å²) in [5.74, 6) is -2.71. The highest BCUT2D eigenvalue weighted by molar-refractivity contribution is 7.89. The van der Waals surface area contributed by atoms with Crippen LogP contribution >= 0.6 is 0 Å². The van der Waals surface area contributed by atoms with E-state index in [0.717, 1.165) is 0 Å². The lowest BCUT2D eigenvalue weighted by atomic mass is 10.2. The third-order valence-electron chi connectivity index (χ3n) is 2.41. The third-order valence-corrected chi connectivity index (χ3v) is 3.87. The molecule has 0 saturated heterocycles. The first-order valence-electron chi connectivity index (χ1n) is 5.62. The zero-order chi connectivity index (χ0) is 16.3. The molecule has 1 aromatic carbocycles. The van der Waals surface area contributed by atoms with Crippen LogP contribution in [0.3, 0.4) is 0 Å². The molecule has 21 heavy (non-hydrogen) atoms. The largest absolute Gasteiger partial charge is 0.481 e. The summed E-state index contributed by atoms with van der Waals surface area (Å²) >= 11 is 0. The Kier molecular flexibility index (Phi) is 5.29. The second kappa shape index (κ2) is 6.39. The first-order chi connectivity index (χ1) is 9.54. The fraction of sp³-hybridized carbons (Fsp3) is 0.364. The maximum Gasteiger partial charge on any atom is 0.419 e. The third kappa shape index (κ3) is 4.97. The predicted octanol–water partition coefficient (Wildman–Crippen LogP) is 1.99. The molecule has 0 spiro atoms. The summed E-state index contributed by atoms with van der Waals surface area (Å²) in [7, 11) is -4.27. The van der Waals surface area contributed by atoms with Crippen molar-refractivity contribution in [3.63, 3.8) is 0 Å². The molecule has 0 saturated carbocycles. The minimum absolute atomic E-state index is 0.0259. The van der Waals surface area contributed by atoms with E-state index < -0.39 is 38.4 Å². The van der Waals surface area contributed by atoms with Gasteiger partial charge >= 0.3 is 12.1 Å². The Labute approximate surface area is 117 Å². The van der Waals surface area contributed by atoms with Crippen LogP contribution in [0.25, 0.3) is 0 Å². The summed E-state index contributed by atoms with van der Waals surface area (Å²) in [6, 6.07) is 1.30. The van der Waals surface area contributed by atoms with Gasteiger partial charge < -0.3 is 5.11 Å². The lowest BCUT2D eigenvalue weighted by Crippen LogP contribution is -2.25. The monoisotopic (exact) mass is 329 g/mol. The SMILES string of the molecule is O=C(O)CCCNS(=O)(=O)c1ccc(F)c(C(F)(F)F)c1. The van der Waals surface area contributed by atoms with Gasteiger partial charge in [0.15, 0.2) is 0 Å². The molecule has 0 amide bonds. The predicted molar refractivity (Wildman–Crippen MR) is 63.5 cm³/mol. The first-order valence-corrected chi connectivity index (χ1v) is 7.10. The molecule has 1 aromatic rings. The quantitative estimate of drug-likeness (QED) is 0.617. The number of alkyl halides is 3. The van der Waals surface area contributed by atoms with Gasteiger partial charge in [-0.2, -0.15) is 13.2 Å². The molecular weight excluding hydrogens is 318 g/mol. The van der Waals surface area contributed by atoms with Crippen LogP contribution in [0.15, 0.2) is 23.1 Å². The van der Waals surface area contributed by atoms with E-state index in [1.807, 2.05) is 4.72 Å². The van der Waals surface area contributed by atoms with Crippen LogP contribution in [-0.4, -0.2) is 26.0 Å². The number of sulfonamides is 1. The normalized spacial score (nSPS) is 12.4. The van der Waals surface area contributed by atoms with Crippen LogP contribution < -0.4 is 4.72 Å². The maximum absolute atomic E-state index is 13.0. The average molecular weight is 329 g/mol. The Hall–Kier alpha value is -1.68. The number of hydrogen-bond donors (Lipinski definition) is 2. The van der Waals surface area contributed by atoms with E-state index in [0.29, 0.717) is 12.1 Å². The molecule has 0 aliphatic heterocycles. The number of rotatable bonds is 6. The summed E-state index contributed by atoms with van der Waals surface area (Å²) in [5.41, 5.74) is -1.68. The zero-order valence-corrected chi connectivity index (χ0v) is 11.3. The van der Waals surface area contributed by atoms with Gasteiger partial charge in [0.25, 0.3) is 0 Å². The van der Waals surface area contributed by atoms with E-state index in [-0.39, 0.29) is 25.5 Å². The fourth-order valence-corrected chi connectivity index (χ4v) is 2.52. The van der Waals surface area contributed by atoms with Gasteiger partial charge in [-0.15, -0.1) is 0 Å². The minimum atomic E-state index is -5.01. The van der Waals surface area contributed by atoms with Gasteiger partial charge in [0.2, 0.25) is 10.0 Å². The van der Waals surface area contributed by atoms with E-state index in [2.05, 4.69) is 0 Å². The Bertz CT molecular complexity index is 628. The van der Waals surface area contributed by atoms with Gasteiger partial charge in [-0.05, 0) is 24.6 Å². The van der Waals surface area contributed by atoms with E-state index >= 15 is 0 Å². The summed E-state index contributed by atoms with van der Waals surface area (Å²) in [6.07, 6.45) is -5.33. The number of carbonyl (C=O) groups is 1. The number of hydrogen-bond acceptors (Lipinski definition) is 3. The Morgan fingerprint density at radius 2 is 1.90 bits per heavy atom. The van der Waals surface area contributed by atoms with Crippen LogP contribution in [0.1, 0.15) is 18.4 Å². The van der Waals surface area contributed by atoms with Crippen molar-refractivity contribution < 1.29 is 35.9 Å². The number of halogens is 4. The zero-order valence-electron chi connectivity index (χ0n) is 10.4. The maximum atomic E-state index is 13.0. The van der Waals surface area contributed by atoms with Gasteiger partial charge in [-0.1, -0.05) is 0 Å². The number of carboxylic acids is 1. The number of aliphatic carboxylic acids is 1. The number of nitrogens with one attached hydrogen (secondary N) is 1. The van der Waals surface area contributed by atoms with Crippen molar-refractivity contribution in [3.8, 4) is 0 Å². The molecule has 5 nitrogen and oxygen atoms in total. The second-order valence-electron chi connectivity index (χ2n) is 4.03. The molecule has 0 unspecified atom stereocenters. The van der Waals surface area contributed by atoms with Crippen LogP contribution in [0.5, 0.6) is 0 Å². The Morgan fingerprint density at radius 1 is 1.29 bits per heavy atom. The fourth-order valence-electron chi connectivity index (χ4n) is 1.42. The van der Waals surface area contributed by atoms with Gasteiger partial charge in [0.1, 0.15) is 5.82 Å². The summed E-state index contributed by atoms with van der Waals surface area (Å²) in [4.78, 5) is 9.50. The summed E-state index contributed by atoms with van der Waals surface area (Å²) in [5, 5.41) is 8.37. The lowest BCUT2D eigenvalue weighted by Gasteiger charge is -2.11. The van der Waals surface area contributed by atoms with Crippen molar-refractivity contribution in [3.05, 3.63) is 29.6 Å². The lowest BCUT2D eigenvalue weighted by molar-refractivity contribution is -0.140. The Balaban J connectivity index is 2.91. The smallest absolute Gasteiger partial charge is 0.419 e. The number of benzene rings is 1. The van der Waals surface area contributed by atoms with Crippen LogP contribution in [0, 0.1) is 5.82 Å². The second-order valence-corrected chi connectivity index (χ2v) is 5.80. The summed E-state index contributed by atoms with van der Waals surface area (Å²) < 4.78 is 75.9.